The van der Waals surface area contributed by atoms with Crippen LogP contribution in [-0.4, -0.2) is 42.8 Å². The fourth-order valence-electron chi connectivity index (χ4n) is 3.26. The van der Waals surface area contributed by atoms with Crippen LogP contribution in [0.15, 0.2) is 54.2 Å². The third-order valence-corrected chi connectivity index (χ3v) is 5.52. The summed E-state index contributed by atoms with van der Waals surface area (Å²) in [5.74, 6) is 1.43. The summed E-state index contributed by atoms with van der Waals surface area (Å²) in [5.41, 5.74) is 1.25. The molecule has 2 aliphatic carbocycles. The van der Waals surface area contributed by atoms with Crippen LogP contribution in [0.4, 0.5) is 0 Å². The molecule has 2 aromatic carbocycles. The van der Waals surface area contributed by atoms with Gasteiger partial charge in [-0.15, -0.1) is 0 Å². The number of rotatable bonds is 12. The maximum atomic E-state index is 12.8. The predicted molar refractivity (Wildman–Crippen MR) is 125 cm³/mol. The van der Waals surface area contributed by atoms with Crippen LogP contribution in [-0.2, 0) is 4.79 Å². The maximum Gasteiger partial charge on any atom is 0.267 e. The Morgan fingerprint density at radius 1 is 0.970 bits per heavy atom. The molecule has 2 amide bonds. The van der Waals surface area contributed by atoms with Crippen molar-refractivity contribution in [1.82, 2.24) is 10.6 Å². The van der Waals surface area contributed by atoms with Gasteiger partial charge in [-0.05, 0) is 73.2 Å². The maximum absolute atomic E-state index is 12.8. The van der Waals surface area contributed by atoms with Crippen molar-refractivity contribution in [2.75, 3.05) is 19.8 Å². The van der Waals surface area contributed by atoms with Gasteiger partial charge >= 0.3 is 0 Å². The minimum Gasteiger partial charge on any atom is -0.494 e. The fourth-order valence-corrected chi connectivity index (χ4v) is 3.26. The van der Waals surface area contributed by atoms with Crippen molar-refractivity contribution in [1.29, 1.82) is 0 Å². The van der Waals surface area contributed by atoms with Gasteiger partial charge in [0, 0.05) is 12.1 Å². The van der Waals surface area contributed by atoms with Gasteiger partial charge in [0.05, 0.1) is 19.3 Å². The van der Waals surface area contributed by atoms with E-state index in [1.165, 1.54) is 12.8 Å². The van der Waals surface area contributed by atoms with E-state index in [1.807, 2.05) is 24.3 Å². The first-order valence-electron chi connectivity index (χ1n) is 11.5. The number of hydrogen-bond acceptors (Lipinski definition) is 5. The second-order valence-corrected chi connectivity index (χ2v) is 8.48. The number of carbonyl (C=O) groups excluding carboxylic acids is 2. The Labute approximate surface area is 193 Å². The predicted octanol–water partition coefficient (Wildman–Crippen LogP) is 3.29. The topological polar surface area (TPSA) is 96.9 Å². The van der Waals surface area contributed by atoms with Gasteiger partial charge < -0.3 is 25.2 Å². The van der Waals surface area contributed by atoms with Gasteiger partial charge in [0.2, 0.25) is 0 Å². The molecule has 3 N–H and O–H groups in total. The van der Waals surface area contributed by atoms with Crippen LogP contribution in [0.25, 0.3) is 6.08 Å². The Bertz CT molecular complexity index is 977. The highest BCUT2D eigenvalue weighted by Crippen LogP contribution is 2.32. The Morgan fingerprint density at radius 2 is 1.67 bits per heavy atom. The number of carbonyl (C=O) groups is 2. The number of hydrogen-bond donors (Lipinski definition) is 3. The van der Waals surface area contributed by atoms with Gasteiger partial charge in [0.1, 0.15) is 17.2 Å². The van der Waals surface area contributed by atoms with Crippen molar-refractivity contribution in [3.05, 3.63) is 65.4 Å². The van der Waals surface area contributed by atoms with E-state index < -0.39 is 11.8 Å². The third-order valence-electron chi connectivity index (χ3n) is 5.52. The second kappa shape index (κ2) is 11.0. The molecular weight excluding hydrogens is 420 g/mol. The Morgan fingerprint density at radius 3 is 2.30 bits per heavy atom. The zero-order valence-corrected chi connectivity index (χ0v) is 18.6. The number of aliphatic hydroxyl groups is 1. The molecule has 2 fully saturated rings. The molecule has 2 aromatic rings. The molecule has 174 valence electrons. The molecule has 0 heterocycles. The number of ether oxygens (including phenoxy) is 2. The van der Waals surface area contributed by atoms with Gasteiger partial charge in [-0.1, -0.05) is 25.0 Å². The SMILES string of the molecule is O=C(NCCO)/C(=C\c1ccc(OC2CC2)cc1)NC(=O)c1ccc(OCCC2CC2)cc1. The minimum atomic E-state index is -0.476. The van der Waals surface area contributed by atoms with E-state index in [0.29, 0.717) is 18.3 Å². The van der Waals surface area contributed by atoms with Gasteiger partial charge in [0.25, 0.3) is 11.8 Å². The van der Waals surface area contributed by atoms with E-state index in [4.69, 9.17) is 14.6 Å². The molecule has 4 rings (SSSR count). The van der Waals surface area contributed by atoms with Gasteiger partial charge in [0.15, 0.2) is 0 Å². The first-order chi connectivity index (χ1) is 16.1. The molecule has 2 saturated carbocycles. The Hall–Kier alpha value is -3.32. The highest BCUT2D eigenvalue weighted by molar-refractivity contribution is 6.05. The van der Waals surface area contributed by atoms with Crippen molar-refractivity contribution < 1.29 is 24.2 Å². The third kappa shape index (κ3) is 7.36. The van der Waals surface area contributed by atoms with Crippen LogP contribution in [0.3, 0.4) is 0 Å². The first-order valence-corrected chi connectivity index (χ1v) is 11.5. The molecule has 0 saturated heterocycles. The number of benzene rings is 2. The molecular formula is C26H30N2O5. The van der Waals surface area contributed by atoms with Gasteiger partial charge in [-0.25, -0.2) is 0 Å². The van der Waals surface area contributed by atoms with Crippen molar-refractivity contribution >= 4 is 17.9 Å². The summed E-state index contributed by atoms with van der Waals surface area (Å²) in [6.07, 6.45) is 7.71. The number of nitrogens with one attached hydrogen (secondary N) is 2. The quantitative estimate of drug-likeness (QED) is 0.431. The highest BCUT2D eigenvalue weighted by atomic mass is 16.5. The lowest BCUT2D eigenvalue weighted by Gasteiger charge is -2.12. The Balaban J connectivity index is 1.40. The molecule has 0 radical (unpaired) electrons. The summed E-state index contributed by atoms with van der Waals surface area (Å²) in [6.45, 7) is 0.577. The summed E-state index contributed by atoms with van der Waals surface area (Å²) in [4.78, 5) is 25.4. The highest BCUT2D eigenvalue weighted by Gasteiger charge is 2.23. The van der Waals surface area contributed by atoms with Gasteiger partial charge in [-0.2, -0.15) is 0 Å². The largest absolute Gasteiger partial charge is 0.494 e. The average Bonchev–Trinajstić information content (AvgIpc) is 3.75. The molecule has 0 aliphatic heterocycles. The molecule has 0 unspecified atom stereocenters. The van der Waals surface area contributed by atoms with Crippen LogP contribution >= 0.6 is 0 Å². The van der Waals surface area contributed by atoms with Crippen LogP contribution in [0.2, 0.25) is 0 Å². The molecule has 7 nitrogen and oxygen atoms in total. The zero-order valence-electron chi connectivity index (χ0n) is 18.6. The lowest BCUT2D eigenvalue weighted by Crippen LogP contribution is -2.36. The summed E-state index contributed by atoms with van der Waals surface area (Å²) in [6, 6.07) is 14.2. The van der Waals surface area contributed by atoms with Crippen molar-refractivity contribution in [3.8, 4) is 11.5 Å². The van der Waals surface area contributed by atoms with E-state index in [-0.39, 0.29) is 18.8 Å². The zero-order chi connectivity index (χ0) is 23.0. The molecule has 0 spiro atoms. The fraction of sp³-hybridized carbons (Fsp3) is 0.385. The minimum absolute atomic E-state index is 0.0904. The van der Waals surface area contributed by atoms with Crippen molar-refractivity contribution in [3.63, 3.8) is 0 Å². The normalized spacial score (nSPS) is 15.6. The van der Waals surface area contributed by atoms with E-state index in [2.05, 4.69) is 10.6 Å². The molecule has 0 aromatic heterocycles. The first kappa shape index (κ1) is 22.9. The van der Waals surface area contributed by atoms with Crippen LogP contribution in [0.1, 0.15) is 48.0 Å². The summed E-state index contributed by atoms with van der Waals surface area (Å²) < 4.78 is 11.5. The smallest absolute Gasteiger partial charge is 0.267 e. The van der Waals surface area contributed by atoms with Crippen LogP contribution < -0.4 is 20.1 Å². The molecule has 0 atom stereocenters. The van der Waals surface area contributed by atoms with E-state index in [0.717, 1.165) is 42.2 Å². The standard InChI is InChI=1S/C26H30N2O5/c29-15-14-27-26(31)24(17-19-3-7-22(8-4-19)33-23-11-12-23)28-25(30)20-5-9-21(10-6-20)32-16-13-18-1-2-18/h3-10,17-18,23,29H,1-2,11-16H2,(H,27,31)(H,28,30)/b24-17+. The summed E-state index contributed by atoms with van der Waals surface area (Å²) in [7, 11) is 0. The number of amides is 2. The number of aliphatic hydroxyl groups excluding tert-OH is 1. The van der Waals surface area contributed by atoms with Gasteiger partial charge in [-0.3, -0.25) is 9.59 Å². The lowest BCUT2D eigenvalue weighted by molar-refractivity contribution is -0.117. The summed E-state index contributed by atoms with van der Waals surface area (Å²) >= 11 is 0. The molecule has 2 aliphatic rings. The van der Waals surface area contributed by atoms with Crippen LogP contribution in [0, 0.1) is 5.92 Å². The second-order valence-electron chi connectivity index (χ2n) is 8.48. The van der Waals surface area contributed by atoms with Crippen molar-refractivity contribution in [2.24, 2.45) is 5.92 Å². The molecule has 33 heavy (non-hydrogen) atoms. The Kier molecular flexibility index (Phi) is 7.62. The molecule has 0 bridgehead atoms. The van der Waals surface area contributed by atoms with Crippen LogP contribution in [0.5, 0.6) is 11.5 Å². The van der Waals surface area contributed by atoms with E-state index in [1.54, 1.807) is 30.3 Å². The summed E-state index contributed by atoms with van der Waals surface area (Å²) in [5, 5.41) is 14.3. The monoisotopic (exact) mass is 450 g/mol. The molecule has 7 heteroatoms. The lowest BCUT2D eigenvalue weighted by atomic mass is 10.1. The van der Waals surface area contributed by atoms with E-state index >= 15 is 0 Å². The van der Waals surface area contributed by atoms with E-state index in [9.17, 15) is 9.59 Å². The average molecular weight is 451 g/mol. The van der Waals surface area contributed by atoms with Crippen molar-refractivity contribution in [2.45, 2.75) is 38.2 Å².